The minimum Gasteiger partial charge on any atom is -0.383 e. The maximum absolute atomic E-state index is 5.88. The maximum Gasteiger partial charge on any atom is 0.180 e. The Morgan fingerprint density at radius 1 is 1.05 bits per heavy atom. The van der Waals surface area contributed by atoms with Crippen molar-refractivity contribution in [1.82, 2.24) is 15.0 Å². The number of nitrogen functional groups attached to an aromatic ring is 1. The topological polar surface area (TPSA) is 64.7 Å². The predicted molar refractivity (Wildman–Crippen MR) is 84.4 cm³/mol. The minimum atomic E-state index is 0.431. The van der Waals surface area contributed by atoms with E-state index >= 15 is 0 Å². The molecule has 5 heteroatoms. The summed E-state index contributed by atoms with van der Waals surface area (Å²) < 4.78 is 0.735. The summed E-state index contributed by atoms with van der Waals surface area (Å²) in [6.07, 6.45) is 0. The fourth-order valence-corrected chi connectivity index (χ4v) is 2.34. The number of rotatable bonds is 1. The molecule has 0 aliphatic carbocycles. The monoisotopic (exact) mass is 328 g/mol. The third kappa shape index (κ3) is 2.14. The van der Waals surface area contributed by atoms with Crippen molar-refractivity contribution in [3.63, 3.8) is 0 Å². The van der Waals surface area contributed by atoms with E-state index in [9.17, 15) is 0 Å². The van der Waals surface area contributed by atoms with Gasteiger partial charge in [-0.05, 0) is 47.5 Å². The summed E-state index contributed by atoms with van der Waals surface area (Å²) >= 11 is 3.37. The number of benzene rings is 1. The van der Waals surface area contributed by atoms with Crippen LogP contribution in [0, 0.1) is 13.8 Å². The van der Waals surface area contributed by atoms with E-state index in [2.05, 4.69) is 43.9 Å². The van der Waals surface area contributed by atoms with Gasteiger partial charge in [0.1, 0.15) is 11.5 Å². The molecule has 2 N–H and O–H groups in total. The van der Waals surface area contributed by atoms with Crippen molar-refractivity contribution in [3.8, 4) is 11.5 Å². The zero-order valence-electron chi connectivity index (χ0n) is 11.2. The van der Waals surface area contributed by atoms with Crippen LogP contribution in [0.3, 0.4) is 0 Å². The molecule has 100 valence electrons. The molecule has 20 heavy (non-hydrogen) atoms. The number of para-hydroxylation sites is 1. The van der Waals surface area contributed by atoms with Crippen molar-refractivity contribution >= 4 is 32.7 Å². The molecule has 4 nitrogen and oxygen atoms in total. The Morgan fingerprint density at radius 3 is 2.55 bits per heavy atom. The van der Waals surface area contributed by atoms with Crippen LogP contribution in [0.5, 0.6) is 0 Å². The molecule has 0 spiro atoms. The molecule has 0 aliphatic rings. The van der Waals surface area contributed by atoms with Gasteiger partial charge < -0.3 is 5.73 Å². The summed E-state index contributed by atoms with van der Waals surface area (Å²) in [6.45, 7) is 3.95. The Kier molecular flexibility index (Phi) is 3.14. The number of aromatic nitrogens is 3. The van der Waals surface area contributed by atoms with Crippen LogP contribution in [0.15, 0.2) is 34.8 Å². The van der Waals surface area contributed by atoms with Crippen LogP contribution >= 0.6 is 15.9 Å². The second-order valence-electron chi connectivity index (χ2n) is 4.67. The number of nitrogens with two attached hydrogens (primary N) is 1. The normalized spacial score (nSPS) is 10.9. The molecule has 0 saturated carbocycles. The van der Waals surface area contributed by atoms with E-state index in [0.29, 0.717) is 11.6 Å². The largest absolute Gasteiger partial charge is 0.383 e. The van der Waals surface area contributed by atoms with Gasteiger partial charge in [0.15, 0.2) is 5.82 Å². The number of hydrogen-bond acceptors (Lipinski definition) is 4. The van der Waals surface area contributed by atoms with Crippen LogP contribution in [-0.2, 0) is 0 Å². The van der Waals surface area contributed by atoms with Gasteiger partial charge in [0.2, 0.25) is 0 Å². The van der Waals surface area contributed by atoms with Gasteiger partial charge in [0.25, 0.3) is 0 Å². The summed E-state index contributed by atoms with van der Waals surface area (Å²) in [4.78, 5) is 13.4. The number of nitrogens with zero attached hydrogens (tertiary/aromatic N) is 3. The second kappa shape index (κ2) is 4.83. The van der Waals surface area contributed by atoms with E-state index in [4.69, 9.17) is 5.73 Å². The minimum absolute atomic E-state index is 0.431. The molecule has 1 aromatic carbocycles. The van der Waals surface area contributed by atoms with E-state index in [1.54, 1.807) is 0 Å². The molecule has 0 aliphatic heterocycles. The average molecular weight is 329 g/mol. The molecule has 0 atom stereocenters. The highest BCUT2D eigenvalue weighted by Gasteiger charge is 2.11. The van der Waals surface area contributed by atoms with Gasteiger partial charge in [0.05, 0.1) is 15.7 Å². The number of aryl methyl sites for hydroxylation is 2. The maximum atomic E-state index is 5.88. The van der Waals surface area contributed by atoms with Crippen molar-refractivity contribution in [2.75, 3.05) is 5.73 Å². The first-order valence-electron chi connectivity index (χ1n) is 6.22. The van der Waals surface area contributed by atoms with Gasteiger partial charge in [-0.15, -0.1) is 0 Å². The first kappa shape index (κ1) is 13.0. The highest BCUT2D eigenvalue weighted by Crippen LogP contribution is 2.26. The van der Waals surface area contributed by atoms with E-state index in [1.165, 1.54) is 0 Å². The molecular weight excluding hydrogens is 316 g/mol. The highest BCUT2D eigenvalue weighted by atomic mass is 79.9. The Labute approximate surface area is 125 Å². The predicted octanol–water partition coefficient (Wildman–Crippen LogP) is 3.65. The SMILES string of the molecule is Cc1nc(-c2cc(C)c3ccccc3n2)nc(N)c1Br. The van der Waals surface area contributed by atoms with Gasteiger partial charge >= 0.3 is 0 Å². The third-order valence-corrected chi connectivity index (χ3v) is 4.17. The van der Waals surface area contributed by atoms with Crippen molar-refractivity contribution in [2.45, 2.75) is 13.8 Å². The smallest absolute Gasteiger partial charge is 0.180 e. The molecule has 0 saturated heterocycles. The fraction of sp³-hybridized carbons (Fsp3) is 0.133. The number of hydrogen-bond donors (Lipinski definition) is 1. The van der Waals surface area contributed by atoms with Crippen LogP contribution in [0.2, 0.25) is 0 Å². The van der Waals surface area contributed by atoms with Crippen LogP contribution in [0.4, 0.5) is 5.82 Å². The zero-order chi connectivity index (χ0) is 14.3. The van der Waals surface area contributed by atoms with E-state index in [1.807, 2.05) is 31.2 Å². The molecule has 0 amide bonds. The summed E-state index contributed by atoms with van der Waals surface area (Å²) in [6, 6.07) is 10.0. The van der Waals surface area contributed by atoms with Gasteiger partial charge in [-0.25, -0.2) is 15.0 Å². The molecule has 3 aromatic rings. The fourth-order valence-electron chi connectivity index (χ4n) is 2.16. The molecule has 0 unspecified atom stereocenters. The summed E-state index contributed by atoms with van der Waals surface area (Å²) in [5.74, 6) is 0.983. The summed E-state index contributed by atoms with van der Waals surface area (Å²) in [5, 5.41) is 1.14. The molecular formula is C15H13BrN4. The Balaban J connectivity index is 2.25. The lowest BCUT2D eigenvalue weighted by Gasteiger charge is -2.08. The average Bonchev–Trinajstić information content (AvgIpc) is 2.44. The van der Waals surface area contributed by atoms with Crippen LogP contribution in [0.1, 0.15) is 11.3 Å². The third-order valence-electron chi connectivity index (χ3n) is 3.19. The summed E-state index contributed by atoms with van der Waals surface area (Å²) in [7, 11) is 0. The van der Waals surface area contributed by atoms with Gasteiger partial charge in [0, 0.05) is 5.39 Å². The van der Waals surface area contributed by atoms with Crippen molar-refractivity contribution in [1.29, 1.82) is 0 Å². The first-order chi connectivity index (χ1) is 9.56. The van der Waals surface area contributed by atoms with Crippen molar-refractivity contribution in [2.24, 2.45) is 0 Å². The van der Waals surface area contributed by atoms with E-state index < -0.39 is 0 Å². The van der Waals surface area contributed by atoms with E-state index in [0.717, 1.165) is 32.3 Å². The zero-order valence-corrected chi connectivity index (χ0v) is 12.8. The molecule has 0 radical (unpaired) electrons. The second-order valence-corrected chi connectivity index (χ2v) is 5.47. The van der Waals surface area contributed by atoms with Crippen LogP contribution < -0.4 is 5.73 Å². The number of halogens is 1. The van der Waals surface area contributed by atoms with Crippen LogP contribution in [0.25, 0.3) is 22.4 Å². The van der Waals surface area contributed by atoms with E-state index in [-0.39, 0.29) is 0 Å². The molecule has 0 fully saturated rings. The lowest BCUT2D eigenvalue weighted by molar-refractivity contribution is 1.08. The summed E-state index contributed by atoms with van der Waals surface area (Å²) in [5.41, 5.74) is 9.51. The number of pyridine rings is 1. The Hall–Kier alpha value is -2.01. The standard InChI is InChI=1S/C15H13BrN4/c1-8-7-12(19-11-6-4-3-5-10(8)11)15-18-9(2)13(16)14(17)20-15/h3-7H,1-2H3,(H2,17,18,20). The van der Waals surface area contributed by atoms with Crippen molar-refractivity contribution < 1.29 is 0 Å². The van der Waals surface area contributed by atoms with Gasteiger partial charge in [-0.1, -0.05) is 18.2 Å². The Morgan fingerprint density at radius 2 is 1.80 bits per heavy atom. The first-order valence-corrected chi connectivity index (χ1v) is 7.02. The lowest BCUT2D eigenvalue weighted by atomic mass is 10.1. The number of anilines is 1. The van der Waals surface area contributed by atoms with Crippen LogP contribution in [-0.4, -0.2) is 15.0 Å². The number of fused-ring (bicyclic) bond motifs is 1. The Bertz CT molecular complexity index is 791. The molecule has 2 aromatic heterocycles. The van der Waals surface area contributed by atoms with Gasteiger partial charge in [-0.3, -0.25) is 0 Å². The molecule has 2 heterocycles. The molecule has 0 bridgehead atoms. The highest BCUT2D eigenvalue weighted by molar-refractivity contribution is 9.10. The quantitative estimate of drug-likeness (QED) is 0.740. The van der Waals surface area contributed by atoms with Crippen molar-refractivity contribution in [3.05, 3.63) is 46.1 Å². The van der Waals surface area contributed by atoms with Gasteiger partial charge in [-0.2, -0.15) is 0 Å². The molecule has 3 rings (SSSR count). The lowest BCUT2D eigenvalue weighted by Crippen LogP contribution is -2.01.